The third-order valence-corrected chi connectivity index (χ3v) is 18.8. The van der Waals surface area contributed by atoms with Gasteiger partial charge in [-0.1, -0.05) is 271 Å². The van der Waals surface area contributed by atoms with Gasteiger partial charge in [-0.15, -0.1) is 0 Å². The molecule has 0 spiro atoms. The van der Waals surface area contributed by atoms with Gasteiger partial charge in [-0.2, -0.15) is 0 Å². The first-order valence-corrected chi connectivity index (χ1v) is 43.8. The van der Waals surface area contributed by atoms with Gasteiger partial charge in [-0.3, -0.25) is 37.3 Å². The van der Waals surface area contributed by atoms with E-state index in [1.807, 2.05) is 0 Å². The minimum atomic E-state index is -4.99. The van der Waals surface area contributed by atoms with Gasteiger partial charge >= 0.3 is 39.5 Å². The van der Waals surface area contributed by atoms with Crippen molar-refractivity contribution in [2.24, 2.45) is 0 Å². The lowest BCUT2D eigenvalue weighted by Gasteiger charge is -2.21. The lowest BCUT2D eigenvalue weighted by Crippen LogP contribution is -2.30. The maximum Gasteiger partial charge on any atom is 0.472 e. The van der Waals surface area contributed by atoms with Crippen LogP contribution in [0.3, 0.4) is 0 Å². The summed E-state index contributed by atoms with van der Waals surface area (Å²) >= 11 is 0. The standard InChI is InChI=1S/C85H146O17P2/c1-5-9-13-17-21-25-29-33-37-38-39-40-44-46-50-54-58-62-66-70-83(88)96-76-81(102-85(90)72-68-64-60-56-52-48-43-36-32-28-24-20-16-12-8-4)78-100-104(93,94)98-74-79(86)73-97-103(91,92)99-77-80(101-84(89)71-67-63-59-55-51-47-42-35-31-27-23-19-15-11-7-3)75-95-82(87)69-65-61-57-53-49-45-41-34-30-26-22-18-14-10-6-2/h9,13,21-23,25-28,32-35,37,39-42,46,50,79-81,86H,5-8,10-12,14-20,24,29-31,36,38,43-45,47-49,51-78H2,1-4H3,(H,91,92)(H,93,94)/b13-9-,25-21-,26-22-,27-23-,32-28-,37-33-,40-39-,41-34-,42-35-,50-46-/t79-,80+,81+/m0/s1. The van der Waals surface area contributed by atoms with Crippen LogP contribution in [0.4, 0.5) is 0 Å². The molecule has 0 amide bonds. The highest BCUT2D eigenvalue weighted by Crippen LogP contribution is 2.45. The SMILES string of the molecule is CC/C=C\C/C=C\C/C=C\C/C=C\C/C=C\CCCCCC(=O)OC[C@H](COP(=O)(O)OC[C@@H](O)COP(=O)(O)OC[C@@H](COC(=O)CCCCCCC/C=C\C/C=C\CCCCC)OC(=O)CCCCCCC/C=C\C/C=C\CCCCC)OC(=O)CCCCCCCCC/C=C\CCCCCC. The fourth-order valence-electron chi connectivity index (χ4n) is 10.7. The van der Waals surface area contributed by atoms with Crippen molar-refractivity contribution < 1.29 is 80.2 Å². The monoisotopic (exact) mass is 1500 g/mol. The highest BCUT2D eigenvalue weighted by Gasteiger charge is 2.30. The second-order valence-electron chi connectivity index (χ2n) is 27.0. The van der Waals surface area contributed by atoms with Gasteiger partial charge in [-0.25, -0.2) is 9.13 Å². The Morgan fingerprint density at radius 1 is 0.279 bits per heavy atom. The third-order valence-electron chi connectivity index (χ3n) is 16.9. The number of hydrogen-bond acceptors (Lipinski definition) is 15. The molecule has 0 fully saturated rings. The maximum absolute atomic E-state index is 13.1. The highest BCUT2D eigenvalue weighted by molar-refractivity contribution is 7.47. The second kappa shape index (κ2) is 76.6. The minimum Gasteiger partial charge on any atom is -0.462 e. The lowest BCUT2D eigenvalue weighted by molar-refractivity contribution is -0.161. The van der Waals surface area contributed by atoms with Crippen molar-refractivity contribution >= 4 is 39.5 Å². The van der Waals surface area contributed by atoms with Crippen LogP contribution in [0, 0.1) is 0 Å². The summed E-state index contributed by atoms with van der Waals surface area (Å²) in [6.07, 6.45) is 84.5. The molecule has 19 heteroatoms. The number of phosphoric ester groups is 2. The molecule has 17 nitrogen and oxygen atoms in total. The quantitative estimate of drug-likeness (QED) is 0.0169. The van der Waals surface area contributed by atoms with E-state index in [0.29, 0.717) is 25.7 Å². The Morgan fingerprint density at radius 2 is 0.500 bits per heavy atom. The normalized spacial score (nSPS) is 14.5. The van der Waals surface area contributed by atoms with Crippen LogP contribution in [0.1, 0.15) is 336 Å². The van der Waals surface area contributed by atoms with Crippen molar-refractivity contribution in [3.63, 3.8) is 0 Å². The van der Waals surface area contributed by atoms with Crippen molar-refractivity contribution in [2.75, 3.05) is 39.6 Å². The molecular weight excluding hydrogens is 1350 g/mol. The van der Waals surface area contributed by atoms with E-state index in [4.69, 9.17) is 37.0 Å². The van der Waals surface area contributed by atoms with Gasteiger partial charge in [0, 0.05) is 25.7 Å². The first-order valence-electron chi connectivity index (χ1n) is 40.8. The summed E-state index contributed by atoms with van der Waals surface area (Å²) in [4.78, 5) is 73.1. The molecule has 3 N–H and O–H groups in total. The Balaban J connectivity index is 5.41. The zero-order chi connectivity index (χ0) is 76.0. The van der Waals surface area contributed by atoms with Crippen molar-refractivity contribution in [1.29, 1.82) is 0 Å². The maximum atomic E-state index is 13.1. The number of carbonyl (C=O) groups excluding carboxylic acids is 4. The van der Waals surface area contributed by atoms with E-state index in [-0.39, 0.29) is 25.7 Å². The number of aliphatic hydroxyl groups is 1. The predicted octanol–water partition coefficient (Wildman–Crippen LogP) is 23.9. The molecular formula is C85H146O17P2. The molecule has 104 heavy (non-hydrogen) atoms. The van der Waals surface area contributed by atoms with Gasteiger partial charge in [0.25, 0.3) is 0 Å². The molecule has 0 rings (SSSR count). The number of esters is 4. The Morgan fingerprint density at radius 3 is 0.808 bits per heavy atom. The number of carbonyl (C=O) groups is 4. The third kappa shape index (κ3) is 75.7. The number of phosphoric acid groups is 2. The lowest BCUT2D eigenvalue weighted by atomic mass is 10.1. The van der Waals surface area contributed by atoms with Crippen LogP contribution in [0.25, 0.3) is 0 Å². The molecule has 598 valence electrons. The second-order valence-corrected chi connectivity index (χ2v) is 29.9. The summed E-state index contributed by atoms with van der Waals surface area (Å²) in [5, 5.41) is 10.6. The first-order chi connectivity index (χ1) is 50.7. The van der Waals surface area contributed by atoms with Crippen molar-refractivity contribution in [3.8, 4) is 0 Å². The van der Waals surface area contributed by atoms with Crippen LogP contribution in [-0.2, 0) is 65.4 Å². The molecule has 0 aromatic rings. The molecule has 5 atom stereocenters. The average Bonchev–Trinajstić information content (AvgIpc) is 0.918. The van der Waals surface area contributed by atoms with E-state index >= 15 is 0 Å². The molecule has 0 heterocycles. The Labute approximate surface area is 632 Å². The number of hydrogen-bond donors (Lipinski definition) is 3. The topological polar surface area (TPSA) is 237 Å². The van der Waals surface area contributed by atoms with E-state index in [9.17, 15) is 43.2 Å². The van der Waals surface area contributed by atoms with Gasteiger partial charge in [0.15, 0.2) is 12.2 Å². The van der Waals surface area contributed by atoms with Gasteiger partial charge in [0.05, 0.1) is 26.4 Å². The number of allylic oxidation sites excluding steroid dienone is 20. The molecule has 2 unspecified atom stereocenters. The summed E-state index contributed by atoms with van der Waals surface area (Å²) < 4.78 is 68.6. The van der Waals surface area contributed by atoms with E-state index < -0.39 is 97.5 Å². The smallest absolute Gasteiger partial charge is 0.462 e. The van der Waals surface area contributed by atoms with Gasteiger partial charge < -0.3 is 33.8 Å². The van der Waals surface area contributed by atoms with Gasteiger partial charge in [-0.05, 0) is 161 Å². The molecule has 0 aliphatic rings. The number of ether oxygens (including phenoxy) is 4. The van der Waals surface area contributed by atoms with Crippen LogP contribution in [0.2, 0.25) is 0 Å². The summed E-state index contributed by atoms with van der Waals surface area (Å²) in [7, 11) is -9.98. The molecule has 0 aromatic carbocycles. The van der Waals surface area contributed by atoms with Crippen LogP contribution in [0.15, 0.2) is 122 Å². The Bertz CT molecular complexity index is 2440. The number of unbranched alkanes of at least 4 members (excludes halogenated alkanes) is 30. The number of rotatable bonds is 76. The van der Waals surface area contributed by atoms with Crippen molar-refractivity contribution in [3.05, 3.63) is 122 Å². The van der Waals surface area contributed by atoms with E-state index in [2.05, 4.69) is 149 Å². The van der Waals surface area contributed by atoms with Crippen molar-refractivity contribution in [2.45, 2.75) is 354 Å². The summed E-state index contributed by atoms with van der Waals surface area (Å²) in [6.45, 7) is 4.65. The summed E-state index contributed by atoms with van der Waals surface area (Å²) in [5.41, 5.74) is 0. The summed E-state index contributed by atoms with van der Waals surface area (Å²) in [6, 6.07) is 0. The van der Waals surface area contributed by atoms with Crippen molar-refractivity contribution in [1.82, 2.24) is 0 Å². The Hall–Kier alpha value is -4.54. The van der Waals surface area contributed by atoms with Gasteiger partial charge in [0.1, 0.15) is 19.3 Å². The molecule has 0 aliphatic heterocycles. The van der Waals surface area contributed by atoms with Gasteiger partial charge in [0.2, 0.25) is 0 Å². The first kappa shape index (κ1) is 99.5. The molecule has 0 aliphatic carbocycles. The average molecular weight is 1500 g/mol. The van der Waals surface area contributed by atoms with E-state index in [0.717, 1.165) is 193 Å². The zero-order valence-corrected chi connectivity index (χ0v) is 67.2. The molecule has 0 aromatic heterocycles. The number of aliphatic hydroxyl groups excluding tert-OH is 1. The molecule has 0 bridgehead atoms. The largest absolute Gasteiger partial charge is 0.472 e. The van der Waals surface area contributed by atoms with Crippen LogP contribution in [0.5, 0.6) is 0 Å². The van der Waals surface area contributed by atoms with Crippen LogP contribution >= 0.6 is 15.6 Å². The van der Waals surface area contributed by atoms with Crippen LogP contribution in [-0.4, -0.2) is 96.7 Å². The molecule has 0 saturated heterocycles. The Kier molecular flexibility index (Phi) is 73.3. The molecule has 0 saturated carbocycles. The fraction of sp³-hybridized carbons (Fsp3) is 0.718. The van der Waals surface area contributed by atoms with Crippen LogP contribution < -0.4 is 0 Å². The molecule has 0 radical (unpaired) electrons. The van der Waals surface area contributed by atoms with E-state index in [1.165, 1.54) is 64.2 Å². The highest BCUT2D eigenvalue weighted by atomic mass is 31.2. The minimum absolute atomic E-state index is 0.0741. The van der Waals surface area contributed by atoms with E-state index in [1.54, 1.807) is 0 Å². The zero-order valence-electron chi connectivity index (χ0n) is 65.4. The predicted molar refractivity (Wildman–Crippen MR) is 427 cm³/mol. The fourth-order valence-corrected chi connectivity index (χ4v) is 12.2. The summed E-state index contributed by atoms with van der Waals surface area (Å²) in [5.74, 6) is -2.24.